The number of anilines is 1. The van der Waals surface area contributed by atoms with Gasteiger partial charge in [-0.05, 0) is 44.3 Å². The number of benzene rings is 1. The molecule has 0 radical (unpaired) electrons. The van der Waals surface area contributed by atoms with Crippen LogP contribution in [0.2, 0.25) is 0 Å². The van der Waals surface area contributed by atoms with Gasteiger partial charge in [-0.25, -0.2) is 0 Å². The second-order valence-corrected chi connectivity index (χ2v) is 5.78. The summed E-state index contributed by atoms with van der Waals surface area (Å²) in [5, 5.41) is 9.36. The molecule has 4 heteroatoms. The summed E-state index contributed by atoms with van der Waals surface area (Å²) in [5.41, 5.74) is 1.85. The van der Waals surface area contributed by atoms with Crippen molar-refractivity contribution < 1.29 is 0 Å². The van der Waals surface area contributed by atoms with Crippen molar-refractivity contribution in [3.05, 3.63) is 23.8 Å². The lowest BCUT2D eigenvalue weighted by Gasteiger charge is -2.24. The van der Waals surface area contributed by atoms with E-state index in [4.69, 9.17) is 0 Å². The fraction of sp³-hybridized carbons (Fsp3) is 0.533. The van der Waals surface area contributed by atoms with Gasteiger partial charge in [0.25, 0.3) is 0 Å². The molecule has 0 aromatic heterocycles. The second-order valence-electron chi connectivity index (χ2n) is 4.94. The van der Waals surface area contributed by atoms with Gasteiger partial charge in [0.15, 0.2) is 0 Å². The van der Waals surface area contributed by atoms with Crippen LogP contribution >= 0.6 is 11.8 Å². The Balaban J connectivity index is 2.05. The largest absolute Gasteiger partial charge is 0.372 e. The highest BCUT2D eigenvalue weighted by Crippen LogP contribution is 2.28. The normalized spacial score (nSPS) is 15.4. The summed E-state index contributed by atoms with van der Waals surface area (Å²) in [7, 11) is 2.08. The fourth-order valence-corrected chi connectivity index (χ4v) is 3.11. The van der Waals surface area contributed by atoms with Crippen molar-refractivity contribution >= 4 is 17.4 Å². The third-order valence-corrected chi connectivity index (χ3v) is 4.48. The quantitative estimate of drug-likeness (QED) is 0.773. The highest BCUT2D eigenvalue weighted by Gasteiger charge is 2.14. The molecule has 0 saturated carbocycles. The molecule has 1 heterocycles. The van der Waals surface area contributed by atoms with Crippen LogP contribution in [0, 0.1) is 11.3 Å². The Hall–Kier alpha value is -1.18. The van der Waals surface area contributed by atoms with E-state index in [0.29, 0.717) is 0 Å². The molecule has 1 aromatic carbocycles. The molecule has 3 nitrogen and oxygen atoms in total. The first-order valence-electron chi connectivity index (χ1n) is 6.77. The van der Waals surface area contributed by atoms with Gasteiger partial charge in [0, 0.05) is 25.0 Å². The van der Waals surface area contributed by atoms with Crippen molar-refractivity contribution in [3.63, 3.8) is 0 Å². The Kier molecular flexibility index (Phi) is 5.12. The SMILES string of the molecule is CSc1cccc(N(C)CCN2CCCC2)c1C#N. The number of nitrogens with zero attached hydrogens (tertiary/aromatic N) is 3. The van der Waals surface area contributed by atoms with Crippen LogP contribution in [0.25, 0.3) is 0 Å². The monoisotopic (exact) mass is 275 g/mol. The average molecular weight is 275 g/mol. The number of thioether (sulfide) groups is 1. The van der Waals surface area contributed by atoms with Crippen molar-refractivity contribution in [1.29, 1.82) is 5.26 Å². The van der Waals surface area contributed by atoms with E-state index in [1.807, 2.05) is 24.5 Å². The van der Waals surface area contributed by atoms with Crippen LogP contribution < -0.4 is 4.90 Å². The summed E-state index contributed by atoms with van der Waals surface area (Å²) in [6, 6.07) is 8.44. The smallest absolute Gasteiger partial charge is 0.102 e. The molecule has 0 N–H and O–H groups in total. The van der Waals surface area contributed by atoms with E-state index in [9.17, 15) is 5.26 Å². The summed E-state index contributed by atoms with van der Waals surface area (Å²) >= 11 is 1.64. The summed E-state index contributed by atoms with van der Waals surface area (Å²) in [4.78, 5) is 5.77. The summed E-state index contributed by atoms with van der Waals surface area (Å²) < 4.78 is 0. The Morgan fingerprint density at radius 1 is 1.37 bits per heavy atom. The van der Waals surface area contributed by atoms with E-state index in [1.165, 1.54) is 25.9 Å². The first kappa shape index (κ1) is 14.2. The maximum Gasteiger partial charge on any atom is 0.102 e. The van der Waals surface area contributed by atoms with Crippen LogP contribution in [-0.4, -0.2) is 44.4 Å². The van der Waals surface area contributed by atoms with Gasteiger partial charge in [-0.2, -0.15) is 5.26 Å². The minimum absolute atomic E-state index is 0.805. The number of rotatable bonds is 5. The summed E-state index contributed by atoms with van der Waals surface area (Å²) in [6.07, 6.45) is 4.68. The standard InChI is InChI=1S/C15H21N3S/c1-17(10-11-18-8-3-4-9-18)14-6-5-7-15(19-2)13(14)12-16/h5-7H,3-4,8-11H2,1-2H3. The molecule has 102 valence electrons. The Bertz CT molecular complexity index is 461. The van der Waals surface area contributed by atoms with Crippen molar-refractivity contribution in [1.82, 2.24) is 4.90 Å². The predicted molar refractivity (Wildman–Crippen MR) is 81.9 cm³/mol. The van der Waals surface area contributed by atoms with Crippen molar-refractivity contribution in [3.8, 4) is 6.07 Å². The van der Waals surface area contributed by atoms with E-state index >= 15 is 0 Å². The second kappa shape index (κ2) is 6.83. The molecular weight excluding hydrogens is 254 g/mol. The Labute approximate surface area is 120 Å². The Morgan fingerprint density at radius 2 is 2.11 bits per heavy atom. The van der Waals surface area contributed by atoms with Crippen molar-refractivity contribution in [2.45, 2.75) is 17.7 Å². The van der Waals surface area contributed by atoms with Crippen LogP contribution in [0.1, 0.15) is 18.4 Å². The molecule has 1 aliphatic rings. The highest BCUT2D eigenvalue weighted by atomic mass is 32.2. The molecule has 0 atom stereocenters. The topological polar surface area (TPSA) is 30.3 Å². The van der Waals surface area contributed by atoms with Gasteiger partial charge < -0.3 is 9.80 Å². The first-order chi connectivity index (χ1) is 9.26. The lowest BCUT2D eigenvalue weighted by atomic mass is 10.2. The average Bonchev–Trinajstić information content (AvgIpc) is 2.97. The summed E-state index contributed by atoms with van der Waals surface area (Å²) in [6.45, 7) is 4.52. The van der Waals surface area contributed by atoms with E-state index < -0.39 is 0 Å². The molecular formula is C15H21N3S. The van der Waals surface area contributed by atoms with Gasteiger partial charge in [0.2, 0.25) is 0 Å². The molecule has 0 bridgehead atoms. The molecule has 0 amide bonds. The zero-order valence-electron chi connectivity index (χ0n) is 11.7. The molecule has 0 aliphatic carbocycles. The van der Waals surface area contributed by atoms with Crippen LogP contribution in [0.5, 0.6) is 0 Å². The minimum Gasteiger partial charge on any atom is -0.372 e. The number of nitriles is 1. The molecule has 0 spiro atoms. The van der Waals surface area contributed by atoms with Crippen LogP contribution in [0.3, 0.4) is 0 Å². The van der Waals surface area contributed by atoms with Gasteiger partial charge in [-0.1, -0.05) is 6.07 Å². The summed E-state index contributed by atoms with van der Waals surface area (Å²) in [5.74, 6) is 0. The molecule has 1 aromatic rings. The van der Waals surface area contributed by atoms with Gasteiger partial charge in [0.1, 0.15) is 6.07 Å². The number of likely N-dealkylation sites (tertiary alicyclic amines) is 1. The third-order valence-electron chi connectivity index (χ3n) is 3.70. The maximum absolute atomic E-state index is 9.36. The van der Waals surface area contributed by atoms with E-state index in [1.54, 1.807) is 11.8 Å². The number of hydrogen-bond acceptors (Lipinski definition) is 4. The molecule has 2 rings (SSSR count). The van der Waals surface area contributed by atoms with E-state index in [2.05, 4.69) is 22.9 Å². The fourth-order valence-electron chi connectivity index (χ4n) is 2.54. The van der Waals surface area contributed by atoms with Crippen molar-refractivity contribution in [2.75, 3.05) is 44.4 Å². The first-order valence-corrected chi connectivity index (χ1v) is 7.99. The van der Waals surface area contributed by atoms with E-state index in [0.717, 1.165) is 29.2 Å². The van der Waals surface area contributed by atoms with Crippen LogP contribution in [-0.2, 0) is 0 Å². The minimum atomic E-state index is 0.805. The zero-order valence-corrected chi connectivity index (χ0v) is 12.5. The molecule has 0 unspecified atom stereocenters. The Morgan fingerprint density at radius 3 is 2.74 bits per heavy atom. The van der Waals surface area contributed by atoms with E-state index in [-0.39, 0.29) is 0 Å². The third kappa shape index (κ3) is 3.43. The van der Waals surface area contributed by atoms with Crippen LogP contribution in [0.15, 0.2) is 23.1 Å². The number of hydrogen-bond donors (Lipinski definition) is 0. The van der Waals surface area contributed by atoms with Gasteiger partial charge in [-0.15, -0.1) is 11.8 Å². The highest BCUT2D eigenvalue weighted by molar-refractivity contribution is 7.98. The lowest BCUT2D eigenvalue weighted by Crippen LogP contribution is -2.31. The van der Waals surface area contributed by atoms with Crippen LogP contribution in [0.4, 0.5) is 5.69 Å². The predicted octanol–water partition coefficient (Wildman–Crippen LogP) is 2.81. The molecule has 1 fully saturated rings. The van der Waals surface area contributed by atoms with Crippen molar-refractivity contribution in [2.24, 2.45) is 0 Å². The molecule has 1 aliphatic heterocycles. The molecule has 19 heavy (non-hydrogen) atoms. The zero-order chi connectivity index (χ0) is 13.7. The van der Waals surface area contributed by atoms with Gasteiger partial charge in [0.05, 0.1) is 11.3 Å². The number of likely N-dealkylation sites (N-methyl/N-ethyl adjacent to an activating group) is 1. The maximum atomic E-state index is 9.36. The van der Waals surface area contributed by atoms with Gasteiger partial charge >= 0.3 is 0 Å². The molecule has 1 saturated heterocycles. The lowest BCUT2D eigenvalue weighted by molar-refractivity contribution is 0.346. The van der Waals surface area contributed by atoms with Gasteiger partial charge in [-0.3, -0.25) is 0 Å².